The number of nitrogens with one attached hydrogen (secondary N) is 4. The summed E-state index contributed by atoms with van der Waals surface area (Å²) in [6.07, 6.45) is 1.76. The highest BCUT2D eigenvalue weighted by molar-refractivity contribution is 5.97. The fraction of sp³-hybridized carbons (Fsp3) is 0.391. The van der Waals surface area contributed by atoms with Crippen LogP contribution in [0.3, 0.4) is 0 Å². The molecule has 1 saturated heterocycles. The Balaban J connectivity index is 0.827. The Hall–Kier alpha value is -5.96. The zero-order valence-electron chi connectivity index (χ0n) is 34.3. The van der Waals surface area contributed by atoms with Crippen molar-refractivity contribution < 1.29 is 38.9 Å². The molecule has 6 N–H and O–H groups in total. The fourth-order valence-corrected chi connectivity index (χ4v) is 7.52. The SMILES string of the molecule is C[C@@H](Cc1cccc(CC(=O)NCCCN(C)C(=O)CCN2CCC(OC(=O)Nc3ccccc3-c3ccccc3)CC2)c1)NC[C@H](O)c1ccc(O)c2c1OCC(=O)N2. The maximum atomic E-state index is 12.9. The summed E-state index contributed by atoms with van der Waals surface area (Å²) in [5.74, 6) is -0.273. The number of hydrogen-bond donors (Lipinski definition) is 6. The fourth-order valence-electron chi connectivity index (χ4n) is 7.52. The van der Waals surface area contributed by atoms with Gasteiger partial charge in [0.15, 0.2) is 12.4 Å². The third-order valence-electron chi connectivity index (χ3n) is 10.8. The number of fused-ring (bicyclic) bond motifs is 1. The van der Waals surface area contributed by atoms with Crippen molar-refractivity contribution in [1.82, 2.24) is 20.4 Å². The Morgan fingerprint density at radius 3 is 2.53 bits per heavy atom. The summed E-state index contributed by atoms with van der Waals surface area (Å²) in [4.78, 5) is 54.1. The van der Waals surface area contributed by atoms with Crippen molar-refractivity contribution in [3.63, 3.8) is 0 Å². The highest BCUT2D eigenvalue weighted by atomic mass is 16.6. The molecule has 318 valence electrons. The molecule has 0 saturated carbocycles. The van der Waals surface area contributed by atoms with Gasteiger partial charge in [-0.05, 0) is 67.5 Å². The minimum atomic E-state index is -0.932. The van der Waals surface area contributed by atoms with E-state index in [9.17, 15) is 29.4 Å². The summed E-state index contributed by atoms with van der Waals surface area (Å²) >= 11 is 0. The smallest absolute Gasteiger partial charge is 0.411 e. The highest BCUT2D eigenvalue weighted by Crippen LogP contribution is 2.41. The maximum absolute atomic E-state index is 12.9. The minimum Gasteiger partial charge on any atom is -0.506 e. The lowest BCUT2D eigenvalue weighted by Gasteiger charge is -2.31. The Kier molecular flexibility index (Phi) is 15.5. The largest absolute Gasteiger partial charge is 0.506 e. The quantitative estimate of drug-likeness (QED) is 0.0573. The molecule has 4 aromatic carbocycles. The van der Waals surface area contributed by atoms with E-state index in [0.717, 1.165) is 35.3 Å². The number of rotatable bonds is 18. The van der Waals surface area contributed by atoms with Crippen molar-refractivity contribution in [3.05, 3.63) is 108 Å². The van der Waals surface area contributed by atoms with Gasteiger partial charge in [0, 0.05) is 69.9 Å². The average molecular weight is 821 g/mol. The second-order valence-electron chi connectivity index (χ2n) is 15.5. The third-order valence-corrected chi connectivity index (χ3v) is 10.8. The molecular weight excluding hydrogens is 765 g/mol. The number of benzene rings is 4. The van der Waals surface area contributed by atoms with Gasteiger partial charge >= 0.3 is 6.09 Å². The molecule has 2 atom stereocenters. The Labute approximate surface area is 351 Å². The number of para-hydroxylation sites is 1. The van der Waals surface area contributed by atoms with Crippen LogP contribution in [0.25, 0.3) is 11.1 Å². The summed E-state index contributed by atoms with van der Waals surface area (Å²) in [6, 6.07) is 28.4. The van der Waals surface area contributed by atoms with E-state index in [4.69, 9.17) is 9.47 Å². The molecule has 0 aromatic heterocycles. The van der Waals surface area contributed by atoms with Crippen LogP contribution >= 0.6 is 0 Å². The van der Waals surface area contributed by atoms with E-state index in [1.807, 2.05) is 85.8 Å². The molecule has 2 heterocycles. The van der Waals surface area contributed by atoms with E-state index < -0.39 is 12.2 Å². The number of phenolic OH excluding ortho intramolecular Hbond substituents is 1. The molecule has 2 aliphatic heterocycles. The Morgan fingerprint density at radius 1 is 0.983 bits per heavy atom. The average Bonchev–Trinajstić information content (AvgIpc) is 3.24. The molecule has 1 fully saturated rings. The lowest BCUT2D eigenvalue weighted by molar-refractivity contribution is -0.130. The van der Waals surface area contributed by atoms with Gasteiger partial charge in [0.1, 0.15) is 17.5 Å². The van der Waals surface area contributed by atoms with E-state index in [1.54, 1.807) is 18.0 Å². The number of amides is 4. The van der Waals surface area contributed by atoms with Crippen molar-refractivity contribution in [2.24, 2.45) is 0 Å². The zero-order chi connectivity index (χ0) is 42.4. The van der Waals surface area contributed by atoms with Crippen LogP contribution in [0, 0.1) is 0 Å². The number of piperidine rings is 1. The molecule has 0 aliphatic carbocycles. The minimum absolute atomic E-state index is 0.00102. The van der Waals surface area contributed by atoms with Crippen molar-refractivity contribution in [2.45, 2.75) is 63.7 Å². The highest BCUT2D eigenvalue weighted by Gasteiger charge is 2.26. The number of nitrogens with zero attached hydrogens (tertiary/aromatic N) is 2. The molecule has 4 amide bonds. The number of likely N-dealkylation sites (tertiary alicyclic amines) is 1. The van der Waals surface area contributed by atoms with E-state index in [2.05, 4.69) is 26.2 Å². The molecule has 0 spiro atoms. The van der Waals surface area contributed by atoms with Crippen LogP contribution in [0.2, 0.25) is 0 Å². The molecule has 0 unspecified atom stereocenters. The van der Waals surface area contributed by atoms with Gasteiger partial charge in [-0.3, -0.25) is 19.7 Å². The van der Waals surface area contributed by atoms with Gasteiger partial charge < -0.3 is 45.4 Å². The third kappa shape index (κ3) is 12.5. The number of hydrogen-bond acceptors (Lipinski definition) is 10. The Bertz CT molecular complexity index is 2090. The molecule has 0 radical (unpaired) electrons. The predicted octanol–water partition coefficient (Wildman–Crippen LogP) is 5.25. The first-order valence-corrected chi connectivity index (χ1v) is 20.6. The summed E-state index contributed by atoms with van der Waals surface area (Å²) in [5.41, 5.74) is 5.21. The molecule has 60 heavy (non-hydrogen) atoms. The van der Waals surface area contributed by atoms with Crippen LogP contribution < -0.4 is 26.0 Å². The lowest BCUT2D eigenvalue weighted by Crippen LogP contribution is -2.40. The van der Waals surface area contributed by atoms with Crippen molar-refractivity contribution in [1.29, 1.82) is 0 Å². The van der Waals surface area contributed by atoms with Gasteiger partial charge in [-0.25, -0.2) is 4.79 Å². The molecule has 2 aliphatic rings. The standard InChI is InChI=1S/C46H56N6O8/c1-31(48-29-40(54)37-16-17-39(53)44-45(37)59-30-42(56)50-44)26-32-10-8-11-33(27-32)28-41(55)47-21-9-22-51(2)43(57)20-25-52-23-18-35(19-24-52)60-46(58)49-38-15-7-6-14-36(38)34-12-4-3-5-13-34/h3-8,10-17,27,31,35,40,48,53-54H,9,18-26,28-30H2,1-2H3,(H,47,55)(H,49,58)(H,50,56)/t31-,40-/m0/s1. The molecule has 14 nitrogen and oxygen atoms in total. The Morgan fingerprint density at radius 2 is 1.73 bits per heavy atom. The molecule has 0 bridgehead atoms. The lowest BCUT2D eigenvalue weighted by atomic mass is 10.0. The normalized spacial score (nSPS) is 15.2. The van der Waals surface area contributed by atoms with Crippen LogP contribution in [0.1, 0.15) is 55.4 Å². The van der Waals surface area contributed by atoms with Crippen molar-refractivity contribution in [3.8, 4) is 22.6 Å². The first-order chi connectivity index (χ1) is 29.0. The molecular formula is C46H56N6O8. The first kappa shape index (κ1) is 43.6. The van der Waals surface area contributed by atoms with Crippen molar-refractivity contribution >= 4 is 35.2 Å². The molecule has 14 heteroatoms. The molecule has 6 rings (SSSR count). The zero-order valence-corrected chi connectivity index (χ0v) is 34.3. The van der Waals surface area contributed by atoms with Crippen molar-refractivity contribution in [2.75, 3.05) is 63.6 Å². The summed E-state index contributed by atoms with van der Waals surface area (Å²) in [7, 11) is 1.79. The summed E-state index contributed by atoms with van der Waals surface area (Å²) in [6.45, 7) is 5.16. The number of aromatic hydroxyl groups is 1. The van der Waals surface area contributed by atoms with Crippen LogP contribution in [-0.2, 0) is 32.0 Å². The van der Waals surface area contributed by atoms with Gasteiger partial charge in [-0.2, -0.15) is 0 Å². The summed E-state index contributed by atoms with van der Waals surface area (Å²) < 4.78 is 11.3. The second-order valence-corrected chi connectivity index (χ2v) is 15.5. The first-order valence-electron chi connectivity index (χ1n) is 20.6. The number of aliphatic hydroxyl groups excluding tert-OH is 1. The van der Waals surface area contributed by atoms with Gasteiger partial charge in [0.05, 0.1) is 18.2 Å². The van der Waals surface area contributed by atoms with E-state index in [0.29, 0.717) is 63.0 Å². The number of aliphatic hydroxyl groups is 1. The predicted molar refractivity (Wildman–Crippen MR) is 230 cm³/mol. The van der Waals surface area contributed by atoms with Crippen LogP contribution in [0.15, 0.2) is 91.0 Å². The van der Waals surface area contributed by atoms with E-state index >= 15 is 0 Å². The number of carbonyl (C=O) groups excluding carboxylic acids is 4. The van der Waals surface area contributed by atoms with Crippen LogP contribution in [0.4, 0.5) is 16.2 Å². The number of anilines is 2. The summed E-state index contributed by atoms with van der Waals surface area (Å²) in [5, 5.41) is 32.8. The topological polar surface area (TPSA) is 182 Å². The maximum Gasteiger partial charge on any atom is 0.411 e. The monoisotopic (exact) mass is 820 g/mol. The van der Waals surface area contributed by atoms with Crippen LogP contribution in [0.5, 0.6) is 11.5 Å². The van der Waals surface area contributed by atoms with E-state index in [1.165, 1.54) is 6.07 Å². The number of phenols is 1. The molecule has 4 aromatic rings. The van der Waals surface area contributed by atoms with Gasteiger partial charge in [0.25, 0.3) is 5.91 Å². The van der Waals surface area contributed by atoms with Gasteiger partial charge in [0.2, 0.25) is 11.8 Å². The van der Waals surface area contributed by atoms with E-state index in [-0.39, 0.29) is 66.6 Å². The van der Waals surface area contributed by atoms with Crippen LogP contribution in [-0.4, -0.2) is 109 Å². The number of ether oxygens (including phenoxy) is 2. The van der Waals surface area contributed by atoms with Gasteiger partial charge in [-0.1, -0.05) is 72.8 Å². The number of carbonyl (C=O) groups is 4. The van der Waals surface area contributed by atoms with Gasteiger partial charge in [-0.15, -0.1) is 0 Å². The second kappa shape index (κ2) is 21.3.